The largest absolute Gasteiger partial charge is 0.423 e. The lowest BCUT2D eigenvalue weighted by Crippen LogP contribution is -2.22. The summed E-state index contributed by atoms with van der Waals surface area (Å²) < 4.78 is 21.5. The molecule has 1 aliphatic heterocycles. The van der Waals surface area contributed by atoms with Gasteiger partial charge < -0.3 is 13.9 Å². The van der Waals surface area contributed by atoms with Crippen LogP contribution in [0.5, 0.6) is 0 Å². The van der Waals surface area contributed by atoms with Crippen LogP contribution in [0.3, 0.4) is 0 Å². The zero-order valence-corrected chi connectivity index (χ0v) is 13.4. The Morgan fingerprint density at radius 2 is 2.12 bits per heavy atom. The van der Waals surface area contributed by atoms with Crippen LogP contribution in [0.15, 0.2) is 28.9 Å². The van der Waals surface area contributed by atoms with Gasteiger partial charge in [-0.05, 0) is 44.2 Å². The van der Waals surface area contributed by atoms with Crippen molar-refractivity contribution in [1.82, 2.24) is 14.5 Å². The monoisotopic (exact) mass is 326 g/mol. The molecule has 5 rings (SSSR count). The number of aromatic nitrogens is 3. The van der Waals surface area contributed by atoms with Crippen LogP contribution in [0.25, 0.3) is 11.1 Å². The number of halogens is 1. The molecule has 0 saturated carbocycles. The Morgan fingerprint density at radius 3 is 3.08 bits per heavy atom. The molecule has 1 aliphatic carbocycles. The van der Waals surface area contributed by atoms with Gasteiger partial charge in [-0.3, -0.25) is 0 Å². The van der Waals surface area contributed by atoms with Crippen molar-refractivity contribution >= 4 is 17.1 Å². The standard InChI is InChI=1S/C18H19FN4O/c19-12-5-6-17-15(9-12)21-18(24-17)22-8-7-13(10-22)23-11-20-14-3-1-2-4-16(14)23/h5-6,9,11,13H,1-4,7-8,10H2/t13-/m0/s1. The first-order valence-electron chi connectivity index (χ1n) is 8.63. The highest BCUT2D eigenvalue weighted by atomic mass is 19.1. The van der Waals surface area contributed by atoms with E-state index in [2.05, 4.69) is 19.4 Å². The molecule has 0 amide bonds. The van der Waals surface area contributed by atoms with E-state index in [9.17, 15) is 4.39 Å². The zero-order chi connectivity index (χ0) is 16.1. The number of hydrogen-bond acceptors (Lipinski definition) is 4. The summed E-state index contributed by atoms with van der Waals surface area (Å²) in [4.78, 5) is 11.2. The van der Waals surface area contributed by atoms with Crippen LogP contribution in [-0.4, -0.2) is 27.6 Å². The van der Waals surface area contributed by atoms with E-state index in [-0.39, 0.29) is 5.82 Å². The van der Waals surface area contributed by atoms with E-state index in [0.717, 1.165) is 32.4 Å². The van der Waals surface area contributed by atoms with Crippen molar-refractivity contribution in [1.29, 1.82) is 0 Å². The predicted molar refractivity (Wildman–Crippen MR) is 88.7 cm³/mol. The fourth-order valence-corrected chi connectivity index (χ4v) is 3.97. The fraction of sp³-hybridized carbons (Fsp3) is 0.444. The molecule has 0 spiro atoms. The molecular formula is C18H19FN4O. The van der Waals surface area contributed by atoms with E-state index < -0.39 is 0 Å². The van der Waals surface area contributed by atoms with Crippen molar-refractivity contribution in [3.8, 4) is 0 Å². The minimum absolute atomic E-state index is 0.285. The highest BCUT2D eigenvalue weighted by molar-refractivity contribution is 5.74. The molecule has 1 fully saturated rings. The number of aryl methyl sites for hydroxylation is 1. The molecule has 0 bridgehead atoms. The lowest BCUT2D eigenvalue weighted by Gasteiger charge is -2.19. The molecule has 6 heteroatoms. The Kier molecular flexibility index (Phi) is 3.11. The molecule has 0 N–H and O–H groups in total. The minimum atomic E-state index is -0.285. The number of hydrogen-bond donors (Lipinski definition) is 0. The minimum Gasteiger partial charge on any atom is -0.423 e. The highest BCUT2D eigenvalue weighted by Gasteiger charge is 2.29. The second kappa shape index (κ2) is 5.33. The van der Waals surface area contributed by atoms with E-state index in [1.807, 2.05) is 6.33 Å². The Balaban J connectivity index is 1.41. The molecule has 124 valence electrons. The van der Waals surface area contributed by atoms with Crippen LogP contribution in [-0.2, 0) is 12.8 Å². The van der Waals surface area contributed by atoms with Crippen molar-refractivity contribution in [2.75, 3.05) is 18.0 Å². The van der Waals surface area contributed by atoms with Gasteiger partial charge in [-0.15, -0.1) is 0 Å². The van der Waals surface area contributed by atoms with Crippen molar-refractivity contribution in [3.05, 3.63) is 41.7 Å². The third-order valence-electron chi connectivity index (χ3n) is 5.23. The average molecular weight is 326 g/mol. The Bertz CT molecular complexity index is 900. The van der Waals surface area contributed by atoms with E-state index in [0.29, 0.717) is 23.2 Å². The van der Waals surface area contributed by atoms with Crippen LogP contribution in [0.4, 0.5) is 10.4 Å². The molecule has 1 saturated heterocycles. The molecule has 3 aromatic rings. The summed E-state index contributed by atoms with van der Waals surface area (Å²) in [7, 11) is 0. The molecule has 2 aromatic heterocycles. The number of anilines is 1. The van der Waals surface area contributed by atoms with Crippen molar-refractivity contribution in [2.45, 2.75) is 38.1 Å². The molecular weight excluding hydrogens is 307 g/mol. The van der Waals surface area contributed by atoms with Gasteiger partial charge in [0.15, 0.2) is 5.58 Å². The van der Waals surface area contributed by atoms with Crippen LogP contribution >= 0.6 is 0 Å². The summed E-state index contributed by atoms with van der Waals surface area (Å²) in [5.41, 5.74) is 3.90. The van der Waals surface area contributed by atoms with Gasteiger partial charge in [0.2, 0.25) is 0 Å². The van der Waals surface area contributed by atoms with E-state index in [1.54, 1.807) is 6.07 Å². The zero-order valence-electron chi connectivity index (χ0n) is 13.4. The summed E-state index contributed by atoms with van der Waals surface area (Å²) in [5.74, 6) is -0.285. The Hall–Kier alpha value is -2.37. The van der Waals surface area contributed by atoms with Gasteiger partial charge in [-0.1, -0.05) is 0 Å². The summed E-state index contributed by atoms with van der Waals surface area (Å²) in [5, 5.41) is 0. The summed E-state index contributed by atoms with van der Waals surface area (Å²) in [6.07, 6.45) is 7.80. The second-order valence-corrected chi connectivity index (χ2v) is 6.75. The lowest BCUT2D eigenvalue weighted by molar-refractivity contribution is 0.510. The average Bonchev–Trinajstić information content (AvgIpc) is 3.31. The maximum Gasteiger partial charge on any atom is 0.298 e. The van der Waals surface area contributed by atoms with Crippen LogP contribution < -0.4 is 4.90 Å². The third-order valence-corrected chi connectivity index (χ3v) is 5.23. The van der Waals surface area contributed by atoms with E-state index in [4.69, 9.17) is 4.42 Å². The Morgan fingerprint density at radius 1 is 1.21 bits per heavy atom. The van der Waals surface area contributed by atoms with Crippen molar-refractivity contribution in [3.63, 3.8) is 0 Å². The maximum atomic E-state index is 13.3. The molecule has 1 aromatic carbocycles. The van der Waals surface area contributed by atoms with Gasteiger partial charge >= 0.3 is 0 Å². The molecule has 0 unspecified atom stereocenters. The summed E-state index contributed by atoms with van der Waals surface area (Å²) >= 11 is 0. The topological polar surface area (TPSA) is 47.1 Å². The molecule has 1 atom stereocenters. The first kappa shape index (κ1) is 14.0. The Labute approximate surface area is 139 Å². The summed E-state index contributed by atoms with van der Waals surface area (Å²) in [6.45, 7) is 1.75. The van der Waals surface area contributed by atoms with Gasteiger partial charge in [-0.2, -0.15) is 4.98 Å². The van der Waals surface area contributed by atoms with E-state index in [1.165, 1.54) is 36.4 Å². The molecule has 0 radical (unpaired) electrons. The lowest BCUT2D eigenvalue weighted by atomic mass is 10.0. The second-order valence-electron chi connectivity index (χ2n) is 6.75. The smallest absolute Gasteiger partial charge is 0.298 e. The number of oxazole rings is 1. The van der Waals surface area contributed by atoms with E-state index >= 15 is 0 Å². The van der Waals surface area contributed by atoms with Crippen LogP contribution in [0, 0.1) is 5.82 Å². The molecule has 24 heavy (non-hydrogen) atoms. The molecule has 3 heterocycles. The van der Waals surface area contributed by atoms with Gasteiger partial charge in [0.25, 0.3) is 6.01 Å². The summed E-state index contributed by atoms with van der Waals surface area (Å²) in [6, 6.07) is 5.46. The number of imidazole rings is 1. The maximum absolute atomic E-state index is 13.3. The van der Waals surface area contributed by atoms with Crippen LogP contribution in [0.1, 0.15) is 36.7 Å². The SMILES string of the molecule is Fc1ccc2oc(N3CC[C@H](n4cnc5c4CCCC5)C3)nc2c1. The number of rotatable bonds is 2. The van der Waals surface area contributed by atoms with Crippen LogP contribution in [0.2, 0.25) is 0 Å². The first-order valence-corrected chi connectivity index (χ1v) is 8.63. The fourth-order valence-electron chi connectivity index (χ4n) is 3.97. The number of fused-ring (bicyclic) bond motifs is 2. The normalized spacial score (nSPS) is 20.7. The van der Waals surface area contributed by atoms with Crippen molar-refractivity contribution in [2.24, 2.45) is 0 Å². The number of nitrogens with zero attached hydrogens (tertiary/aromatic N) is 4. The third kappa shape index (κ3) is 2.20. The number of benzene rings is 1. The first-order chi connectivity index (χ1) is 11.8. The molecule has 5 nitrogen and oxygen atoms in total. The molecule has 2 aliphatic rings. The predicted octanol–water partition coefficient (Wildman–Crippen LogP) is 3.49. The van der Waals surface area contributed by atoms with Gasteiger partial charge in [0, 0.05) is 24.8 Å². The van der Waals surface area contributed by atoms with Gasteiger partial charge in [-0.25, -0.2) is 9.37 Å². The van der Waals surface area contributed by atoms with Crippen molar-refractivity contribution < 1.29 is 8.81 Å². The quantitative estimate of drug-likeness (QED) is 0.723. The van der Waals surface area contributed by atoms with Gasteiger partial charge in [0.1, 0.15) is 11.3 Å². The van der Waals surface area contributed by atoms with Gasteiger partial charge in [0.05, 0.1) is 18.1 Å². The highest BCUT2D eigenvalue weighted by Crippen LogP contribution is 2.32.